The summed E-state index contributed by atoms with van der Waals surface area (Å²) in [4.78, 5) is 22.9. The van der Waals surface area contributed by atoms with Gasteiger partial charge in [0.25, 0.3) is 11.6 Å². The summed E-state index contributed by atoms with van der Waals surface area (Å²) in [7, 11) is 0. The summed E-state index contributed by atoms with van der Waals surface area (Å²) in [6, 6.07) is 10.3. The number of rotatable bonds is 3. The van der Waals surface area contributed by atoms with E-state index < -0.39 is 10.8 Å². The van der Waals surface area contributed by atoms with Gasteiger partial charge in [-0.25, -0.2) is 0 Å². The molecule has 0 aliphatic carbocycles. The number of aryl methyl sites for hydroxylation is 2. The first kappa shape index (κ1) is 15.4. The highest BCUT2D eigenvalue weighted by Gasteiger charge is 2.22. The molecule has 0 aliphatic rings. The number of carbonyl (C=O) groups excluding carboxylic acids is 1. The molecule has 2 aromatic rings. The standard InChI is InChI=1S/C15H13IN2O3/c1-9-4-3-5-12(14(9)18(20)21)15(19)17-13-7-6-11(16)8-10(13)2/h3-8H,1-2H3,(H,17,19). The number of nitro benzene ring substituents is 1. The van der Waals surface area contributed by atoms with E-state index >= 15 is 0 Å². The van der Waals surface area contributed by atoms with Crippen molar-refractivity contribution in [2.75, 3.05) is 5.32 Å². The van der Waals surface area contributed by atoms with Crippen LogP contribution in [0.3, 0.4) is 0 Å². The van der Waals surface area contributed by atoms with Gasteiger partial charge >= 0.3 is 0 Å². The zero-order chi connectivity index (χ0) is 15.6. The molecule has 0 radical (unpaired) electrons. The van der Waals surface area contributed by atoms with Gasteiger partial charge in [-0.1, -0.05) is 12.1 Å². The Morgan fingerprint density at radius 3 is 2.52 bits per heavy atom. The molecule has 0 fully saturated rings. The Hall–Kier alpha value is -1.96. The van der Waals surface area contributed by atoms with E-state index in [1.807, 2.05) is 19.1 Å². The van der Waals surface area contributed by atoms with Gasteiger partial charge in [0.15, 0.2) is 0 Å². The lowest BCUT2D eigenvalue weighted by Gasteiger charge is -2.09. The third-order valence-electron chi connectivity index (χ3n) is 3.10. The van der Waals surface area contributed by atoms with Gasteiger partial charge in [-0.05, 0) is 66.3 Å². The maximum absolute atomic E-state index is 12.3. The Balaban J connectivity index is 2.37. The van der Waals surface area contributed by atoms with E-state index in [1.165, 1.54) is 6.07 Å². The Morgan fingerprint density at radius 1 is 1.19 bits per heavy atom. The van der Waals surface area contributed by atoms with Crippen LogP contribution in [0, 0.1) is 27.5 Å². The summed E-state index contributed by atoms with van der Waals surface area (Å²) in [5.74, 6) is -0.477. The van der Waals surface area contributed by atoms with Crippen LogP contribution >= 0.6 is 22.6 Å². The summed E-state index contributed by atoms with van der Waals surface area (Å²) in [5, 5.41) is 13.9. The summed E-state index contributed by atoms with van der Waals surface area (Å²) >= 11 is 2.18. The molecule has 108 valence electrons. The smallest absolute Gasteiger partial charge is 0.285 e. The first-order chi connectivity index (χ1) is 9.90. The van der Waals surface area contributed by atoms with Gasteiger partial charge in [-0.3, -0.25) is 14.9 Å². The molecule has 0 aliphatic heterocycles. The van der Waals surface area contributed by atoms with Crippen LogP contribution < -0.4 is 5.32 Å². The SMILES string of the molecule is Cc1cc(I)ccc1NC(=O)c1cccc(C)c1[N+](=O)[O-]. The van der Waals surface area contributed by atoms with Crippen molar-refractivity contribution in [3.05, 3.63) is 66.8 Å². The number of para-hydroxylation sites is 1. The van der Waals surface area contributed by atoms with Crippen molar-refractivity contribution in [1.82, 2.24) is 0 Å². The number of benzene rings is 2. The zero-order valence-corrected chi connectivity index (χ0v) is 13.7. The summed E-state index contributed by atoms with van der Waals surface area (Å²) in [6.07, 6.45) is 0. The van der Waals surface area contributed by atoms with Crippen molar-refractivity contribution in [1.29, 1.82) is 0 Å². The fourth-order valence-electron chi connectivity index (χ4n) is 2.04. The highest BCUT2D eigenvalue weighted by Crippen LogP contribution is 2.25. The number of halogens is 1. The number of nitrogens with one attached hydrogen (secondary N) is 1. The molecule has 21 heavy (non-hydrogen) atoms. The maximum Gasteiger partial charge on any atom is 0.285 e. The molecule has 2 aromatic carbocycles. The number of hydrogen-bond donors (Lipinski definition) is 1. The van der Waals surface area contributed by atoms with Crippen LogP contribution in [-0.4, -0.2) is 10.8 Å². The van der Waals surface area contributed by atoms with Crippen molar-refractivity contribution in [2.24, 2.45) is 0 Å². The average molecular weight is 396 g/mol. The van der Waals surface area contributed by atoms with E-state index in [0.717, 1.165) is 9.13 Å². The Morgan fingerprint density at radius 2 is 1.90 bits per heavy atom. The highest BCUT2D eigenvalue weighted by atomic mass is 127. The quantitative estimate of drug-likeness (QED) is 0.483. The van der Waals surface area contributed by atoms with E-state index in [2.05, 4.69) is 27.9 Å². The summed E-state index contributed by atoms with van der Waals surface area (Å²) in [5.41, 5.74) is 1.94. The number of nitrogens with zero attached hydrogens (tertiary/aromatic N) is 1. The van der Waals surface area contributed by atoms with Crippen molar-refractivity contribution < 1.29 is 9.72 Å². The normalized spacial score (nSPS) is 10.2. The Bertz CT molecular complexity index is 729. The molecule has 0 saturated carbocycles. The summed E-state index contributed by atoms with van der Waals surface area (Å²) in [6.45, 7) is 3.49. The van der Waals surface area contributed by atoms with Crippen LogP contribution in [0.1, 0.15) is 21.5 Å². The minimum atomic E-state index is -0.523. The number of carbonyl (C=O) groups is 1. The summed E-state index contributed by atoms with van der Waals surface area (Å²) < 4.78 is 1.06. The van der Waals surface area contributed by atoms with Gasteiger partial charge in [0.2, 0.25) is 0 Å². The third kappa shape index (κ3) is 3.38. The highest BCUT2D eigenvalue weighted by molar-refractivity contribution is 14.1. The molecule has 1 amide bonds. The van der Waals surface area contributed by atoms with Gasteiger partial charge in [0.1, 0.15) is 5.56 Å². The van der Waals surface area contributed by atoms with Crippen LogP contribution in [0.15, 0.2) is 36.4 Å². The molecule has 0 heterocycles. The number of anilines is 1. The first-order valence-electron chi connectivity index (χ1n) is 6.21. The fraction of sp³-hybridized carbons (Fsp3) is 0.133. The van der Waals surface area contributed by atoms with E-state index in [9.17, 15) is 14.9 Å². The monoisotopic (exact) mass is 396 g/mol. The third-order valence-corrected chi connectivity index (χ3v) is 3.77. The lowest BCUT2D eigenvalue weighted by molar-refractivity contribution is -0.385. The maximum atomic E-state index is 12.3. The molecule has 0 bridgehead atoms. The molecule has 6 heteroatoms. The van der Waals surface area contributed by atoms with Crippen LogP contribution in [0.4, 0.5) is 11.4 Å². The number of amides is 1. The largest absolute Gasteiger partial charge is 0.322 e. The minimum absolute atomic E-state index is 0.0675. The van der Waals surface area contributed by atoms with Crippen molar-refractivity contribution in [3.8, 4) is 0 Å². The van der Waals surface area contributed by atoms with Gasteiger partial charge in [-0.2, -0.15) is 0 Å². The van der Waals surface area contributed by atoms with E-state index in [4.69, 9.17) is 0 Å². The molecule has 0 aromatic heterocycles. The molecular formula is C15H13IN2O3. The average Bonchev–Trinajstić information content (AvgIpc) is 2.41. The molecule has 0 unspecified atom stereocenters. The van der Waals surface area contributed by atoms with Crippen LogP contribution in [0.2, 0.25) is 0 Å². The minimum Gasteiger partial charge on any atom is -0.322 e. The second kappa shape index (κ2) is 6.21. The van der Waals surface area contributed by atoms with Gasteiger partial charge in [0.05, 0.1) is 4.92 Å². The first-order valence-corrected chi connectivity index (χ1v) is 7.29. The fourth-order valence-corrected chi connectivity index (χ4v) is 2.69. The number of hydrogen-bond acceptors (Lipinski definition) is 3. The topological polar surface area (TPSA) is 72.2 Å². The Labute approximate surface area is 135 Å². The van der Waals surface area contributed by atoms with Gasteiger partial charge in [-0.15, -0.1) is 0 Å². The lowest BCUT2D eigenvalue weighted by atomic mass is 10.1. The number of nitro groups is 1. The predicted octanol–water partition coefficient (Wildman–Crippen LogP) is 4.07. The zero-order valence-electron chi connectivity index (χ0n) is 11.5. The van der Waals surface area contributed by atoms with Crippen molar-refractivity contribution in [2.45, 2.75) is 13.8 Å². The van der Waals surface area contributed by atoms with E-state index in [-0.39, 0.29) is 11.3 Å². The second-order valence-electron chi connectivity index (χ2n) is 4.64. The van der Waals surface area contributed by atoms with Crippen molar-refractivity contribution >= 4 is 39.9 Å². The lowest BCUT2D eigenvalue weighted by Crippen LogP contribution is -2.15. The van der Waals surface area contributed by atoms with Crippen LogP contribution in [0.25, 0.3) is 0 Å². The molecular weight excluding hydrogens is 383 g/mol. The molecule has 1 N–H and O–H groups in total. The Kier molecular flexibility index (Phi) is 4.56. The van der Waals surface area contributed by atoms with E-state index in [1.54, 1.807) is 25.1 Å². The molecule has 5 nitrogen and oxygen atoms in total. The van der Waals surface area contributed by atoms with E-state index in [0.29, 0.717) is 11.3 Å². The molecule has 0 atom stereocenters. The van der Waals surface area contributed by atoms with Gasteiger partial charge in [0, 0.05) is 14.8 Å². The van der Waals surface area contributed by atoms with Crippen molar-refractivity contribution in [3.63, 3.8) is 0 Å². The van der Waals surface area contributed by atoms with Crippen LogP contribution in [-0.2, 0) is 0 Å². The molecule has 0 spiro atoms. The van der Waals surface area contributed by atoms with Gasteiger partial charge < -0.3 is 5.32 Å². The van der Waals surface area contributed by atoms with Crippen LogP contribution in [0.5, 0.6) is 0 Å². The molecule has 2 rings (SSSR count). The predicted molar refractivity (Wildman–Crippen MR) is 89.7 cm³/mol. The molecule has 0 saturated heterocycles. The second-order valence-corrected chi connectivity index (χ2v) is 5.89.